The summed E-state index contributed by atoms with van der Waals surface area (Å²) >= 11 is 0.728. The second-order valence-electron chi connectivity index (χ2n) is 3.07. The number of halogens is 6. The van der Waals surface area contributed by atoms with E-state index < -0.39 is 29.2 Å². The van der Waals surface area contributed by atoms with Crippen LogP contribution in [0.3, 0.4) is 0 Å². The van der Waals surface area contributed by atoms with E-state index in [1.54, 1.807) is 0 Å². The molecule has 1 aromatic carbocycles. The predicted molar refractivity (Wildman–Crippen MR) is 49.9 cm³/mol. The van der Waals surface area contributed by atoms with Gasteiger partial charge in [0.05, 0.1) is 11.1 Å². The first-order valence-electron chi connectivity index (χ1n) is 4.12. The molecule has 0 aliphatic heterocycles. The van der Waals surface area contributed by atoms with E-state index in [1.165, 1.54) is 6.26 Å². The molecule has 0 aliphatic rings. The molecule has 8 heteroatoms. The lowest BCUT2D eigenvalue weighted by molar-refractivity contribution is -0.162. The van der Waals surface area contributed by atoms with Crippen molar-refractivity contribution in [2.45, 2.75) is 17.2 Å². The maximum absolute atomic E-state index is 12.4. The monoisotopic (exact) mass is 276 g/mol. The van der Waals surface area contributed by atoms with Crippen LogP contribution in [0.15, 0.2) is 17.0 Å². The van der Waals surface area contributed by atoms with Gasteiger partial charge in [0.25, 0.3) is 0 Å². The number of hydrogen-bond acceptors (Lipinski definition) is 2. The van der Waals surface area contributed by atoms with Crippen LogP contribution in [0.5, 0.6) is 5.75 Å². The van der Waals surface area contributed by atoms with E-state index in [4.69, 9.17) is 5.11 Å². The summed E-state index contributed by atoms with van der Waals surface area (Å²) in [5.74, 6) is -0.821. The molecule has 1 N–H and O–H groups in total. The van der Waals surface area contributed by atoms with Crippen LogP contribution in [0.1, 0.15) is 11.1 Å². The lowest BCUT2D eigenvalue weighted by Crippen LogP contribution is -2.16. The number of alkyl halides is 6. The highest BCUT2D eigenvalue weighted by molar-refractivity contribution is 7.98. The van der Waals surface area contributed by atoms with Gasteiger partial charge in [-0.15, -0.1) is 11.8 Å². The van der Waals surface area contributed by atoms with E-state index in [9.17, 15) is 26.3 Å². The highest BCUT2D eigenvalue weighted by Crippen LogP contribution is 2.44. The minimum Gasteiger partial charge on any atom is -0.507 e. The Balaban J connectivity index is 3.54. The normalized spacial score (nSPS) is 12.9. The number of thioether (sulfide) groups is 1. The Morgan fingerprint density at radius 1 is 0.941 bits per heavy atom. The fourth-order valence-corrected chi connectivity index (χ4v) is 1.70. The van der Waals surface area contributed by atoms with Crippen LogP contribution < -0.4 is 0 Å². The third-order valence-corrected chi connectivity index (χ3v) is 2.70. The quantitative estimate of drug-likeness (QED) is 0.614. The molecule has 0 aromatic heterocycles. The van der Waals surface area contributed by atoms with Crippen molar-refractivity contribution >= 4 is 11.8 Å². The van der Waals surface area contributed by atoms with Gasteiger partial charge in [-0.3, -0.25) is 0 Å². The third kappa shape index (κ3) is 2.99. The fraction of sp³-hybridized carbons (Fsp3) is 0.333. The lowest BCUT2D eigenvalue weighted by Gasteiger charge is -2.17. The summed E-state index contributed by atoms with van der Waals surface area (Å²) in [6, 6.07) is 0.386. The van der Waals surface area contributed by atoms with E-state index in [-0.39, 0.29) is 11.0 Å². The number of phenols is 1. The number of phenolic OH excluding ortho intramolecular Hbond substituents is 1. The summed E-state index contributed by atoms with van der Waals surface area (Å²) in [7, 11) is 0. The van der Waals surface area contributed by atoms with Crippen LogP contribution in [0.2, 0.25) is 0 Å². The zero-order valence-electron chi connectivity index (χ0n) is 8.28. The molecule has 0 unspecified atom stereocenters. The molecule has 1 aromatic rings. The topological polar surface area (TPSA) is 20.2 Å². The first-order chi connectivity index (χ1) is 7.57. The Bertz CT molecular complexity index is 423. The van der Waals surface area contributed by atoms with Gasteiger partial charge in [-0.2, -0.15) is 26.3 Å². The fourth-order valence-electron chi connectivity index (χ4n) is 1.20. The first kappa shape index (κ1) is 14.0. The summed E-state index contributed by atoms with van der Waals surface area (Å²) in [5.41, 5.74) is -3.69. The van der Waals surface area contributed by atoms with Crippen molar-refractivity contribution in [3.8, 4) is 5.75 Å². The number of hydrogen-bond donors (Lipinski definition) is 1. The smallest absolute Gasteiger partial charge is 0.417 e. The van der Waals surface area contributed by atoms with Gasteiger partial charge in [0.1, 0.15) is 5.75 Å². The maximum atomic E-state index is 12.4. The molecular formula is C9H6F6OS. The molecule has 1 nitrogen and oxygen atoms in total. The molecule has 0 radical (unpaired) electrons. The Morgan fingerprint density at radius 2 is 1.35 bits per heavy atom. The van der Waals surface area contributed by atoms with Crippen LogP contribution >= 0.6 is 11.8 Å². The van der Waals surface area contributed by atoms with Gasteiger partial charge in [0, 0.05) is 4.90 Å². The summed E-state index contributed by atoms with van der Waals surface area (Å²) in [6.07, 6.45) is -8.94. The maximum Gasteiger partial charge on any atom is 0.417 e. The van der Waals surface area contributed by atoms with E-state index in [0.717, 1.165) is 11.8 Å². The second kappa shape index (κ2) is 4.32. The molecule has 96 valence electrons. The molecule has 0 saturated heterocycles. The molecule has 0 atom stereocenters. The van der Waals surface area contributed by atoms with Crippen LogP contribution in [0, 0.1) is 0 Å². The van der Waals surface area contributed by atoms with E-state index in [0.29, 0.717) is 6.07 Å². The molecule has 0 amide bonds. The summed E-state index contributed by atoms with van der Waals surface area (Å²) in [6.45, 7) is 0. The minimum absolute atomic E-state index is 0.0919. The van der Waals surface area contributed by atoms with Crippen LogP contribution in [-0.2, 0) is 12.4 Å². The zero-order valence-corrected chi connectivity index (χ0v) is 9.09. The predicted octanol–water partition coefficient (Wildman–Crippen LogP) is 4.15. The van der Waals surface area contributed by atoms with Crippen molar-refractivity contribution < 1.29 is 31.4 Å². The van der Waals surface area contributed by atoms with Crippen molar-refractivity contribution in [1.82, 2.24) is 0 Å². The zero-order chi connectivity index (χ0) is 13.4. The molecular weight excluding hydrogens is 270 g/mol. The molecule has 0 spiro atoms. The van der Waals surface area contributed by atoms with Crippen molar-refractivity contribution in [2.24, 2.45) is 0 Å². The van der Waals surface area contributed by atoms with Crippen LogP contribution in [0.25, 0.3) is 0 Å². The summed E-state index contributed by atoms with van der Waals surface area (Å²) < 4.78 is 74.4. The van der Waals surface area contributed by atoms with Crippen LogP contribution in [-0.4, -0.2) is 11.4 Å². The van der Waals surface area contributed by atoms with E-state index >= 15 is 0 Å². The van der Waals surface area contributed by atoms with Crippen molar-refractivity contribution in [2.75, 3.05) is 6.26 Å². The largest absolute Gasteiger partial charge is 0.507 e. The SMILES string of the molecule is CSc1cc(C(F)(F)F)c(C(F)(F)F)cc1O. The average Bonchev–Trinajstić information content (AvgIpc) is 2.14. The molecule has 1 rings (SSSR count). The van der Waals surface area contributed by atoms with Gasteiger partial charge in [0.2, 0.25) is 0 Å². The van der Waals surface area contributed by atoms with E-state index in [2.05, 4.69) is 0 Å². The molecule has 0 bridgehead atoms. The number of aromatic hydroxyl groups is 1. The summed E-state index contributed by atoms with van der Waals surface area (Å²) in [4.78, 5) is -0.259. The van der Waals surface area contributed by atoms with Crippen molar-refractivity contribution in [1.29, 1.82) is 0 Å². The van der Waals surface area contributed by atoms with E-state index in [1.807, 2.05) is 0 Å². The Kier molecular flexibility index (Phi) is 3.56. The van der Waals surface area contributed by atoms with Gasteiger partial charge >= 0.3 is 12.4 Å². The lowest BCUT2D eigenvalue weighted by atomic mass is 10.1. The highest BCUT2D eigenvalue weighted by Gasteiger charge is 2.43. The average molecular weight is 276 g/mol. The molecule has 0 aliphatic carbocycles. The van der Waals surface area contributed by atoms with Gasteiger partial charge in [-0.25, -0.2) is 0 Å². The second-order valence-corrected chi connectivity index (χ2v) is 3.91. The Hall–Kier alpha value is -1.05. The Labute approximate surface area is 96.4 Å². The minimum atomic E-state index is -5.17. The molecule has 0 fully saturated rings. The summed E-state index contributed by atoms with van der Waals surface area (Å²) in [5, 5.41) is 9.16. The van der Waals surface area contributed by atoms with Gasteiger partial charge < -0.3 is 5.11 Å². The Morgan fingerprint density at radius 3 is 1.71 bits per heavy atom. The molecule has 17 heavy (non-hydrogen) atoms. The van der Waals surface area contributed by atoms with Crippen molar-refractivity contribution in [3.63, 3.8) is 0 Å². The highest BCUT2D eigenvalue weighted by atomic mass is 32.2. The standard InChI is InChI=1S/C9H6F6OS/c1-17-7-3-5(9(13,14)15)4(2-6(7)16)8(10,11)12/h2-3,16H,1H3. The first-order valence-corrected chi connectivity index (χ1v) is 5.35. The number of benzene rings is 1. The van der Waals surface area contributed by atoms with Gasteiger partial charge in [-0.1, -0.05) is 0 Å². The van der Waals surface area contributed by atoms with Crippen LogP contribution in [0.4, 0.5) is 26.3 Å². The van der Waals surface area contributed by atoms with Gasteiger partial charge in [0.15, 0.2) is 0 Å². The number of rotatable bonds is 1. The molecule has 0 heterocycles. The molecule has 0 saturated carbocycles. The van der Waals surface area contributed by atoms with Gasteiger partial charge in [-0.05, 0) is 18.4 Å². The third-order valence-electron chi connectivity index (χ3n) is 1.93. The van der Waals surface area contributed by atoms with Crippen molar-refractivity contribution in [3.05, 3.63) is 23.3 Å².